The fraction of sp³-hybridized carbons (Fsp3) is 0.286. The number of nitrogens with one attached hydrogen (secondary N) is 1. The monoisotopic (exact) mass is 356 g/mol. The van der Waals surface area contributed by atoms with Crippen molar-refractivity contribution in [3.8, 4) is 0 Å². The first kappa shape index (κ1) is 23.2. The smallest absolute Gasteiger partial charge is 0.224 e. The molecule has 5 N–H and O–H groups in total. The van der Waals surface area contributed by atoms with Gasteiger partial charge in [-0.25, -0.2) is 0 Å². The van der Waals surface area contributed by atoms with Gasteiger partial charge in [0.05, 0.1) is 23.6 Å². The van der Waals surface area contributed by atoms with E-state index in [1.54, 1.807) is 17.1 Å². The summed E-state index contributed by atoms with van der Waals surface area (Å²) in [5, 5.41) is 0. The molecule has 5 heteroatoms. The van der Waals surface area contributed by atoms with Gasteiger partial charge in [0.2, 0.25) is 5.91 Å². The number of nitrogens with zero attached hydrogens (tertiary/aromatic N) is 1. The zero-order valence-electron chi connectivity index (χ0n) is 16.6. The highest BCUT2D eigenvalue weighted by atomic mass is 16.2. The molecular formula is C21H32N4O. The highest BCUT2D eigenvalue weighted by Gasteiger charge is 2.23. The van der Waals surface area contributed by atoms with Gasteiger partial charge in [0, 0.05) is 18.1 Å². The summed E-state index contributed by atoms with van der Waals surface area (Å²) in [5.74, 6) is 5.59. The summed E-state index contributed by atoms with van der Waals surface area (Å²) in [4.78, 5) is 13.7. The van der Waals surface area contributed by atoms with Crippen LogP contribution in [0.2, 0.25) is 0 Å². The van der Waals surface area contributed by atoms with Crippen LogP contribution >= 0.6 is 0 Å². The lowest BCUT2D eigenvalue weighted by atomic mass is 9.96. The number of carbonyl (C=O) groups is 1. The fourth-order valence-electron chi connectivity index (χ4n) is 2.56. The fourth-order valence-corrected chi connectivity index (χ4v) is 2.56. The molecule has 0 saturated carbocycles. The molecule has 1 aromatic carbocycles. The van der Waals surface area contributed by atoms with Crippen LogP contribution in [-0.4, -0.2) is 12.5 Å². The van der Waals surface area contributed by atoms with Crippen LogP contribution in [0.3, 0.4) is 0 Å². The average Bonchev–Trinajstić information content (AvgIpc) is 2.69. The molecule has 0 unspecified atom stereocenters. The molecule has 5 nitrogen and oxygen atoms in total. The van der Waals surface area contributed by atoms with E-state index in [-0.39, 0.29) is 5.91 Å². The van der Waals surface area contributed by atoms with Gasteiger partial charge in [-0.05, 0) is 11.6 Å². The first-order chi connectivity index (χ1) is 12.5. The minimum absolute atomic E-state index is 0.0767. The maximum atomic E-state index is 12.1. The highest BCUT2D eigenvalue weighted by Crippen LogP contribution is 2.32. The predicted molar refractivity (Wildman–Crippen MR) is 113 cm³/mol. The Morgan fingerprint density at radius 1 is 1.15 bits per heavy atom. The summed E-state index contributed by atoms with van der Waals surface area (Å²) in [7, 11) is 0. The molecule has 0 atom stereocenters. The maximum absolute atomic E-state index is 12.1. The lowest BCUT2D eigenvalue weighted by Crippen LogP contribution is -2.35. The predicted octanol–water partition coefficient (Wildman–Crippen LogP) is 3.86. The SMILES string of the molecule is C=C/C1=C(C=C)/C(NN)=C(/N)c2ccccc2N(C(C)=O)C1.CC.CC. The van der Waals surface area contributed by atoms with Gasteiger partial charge >= 0.3 is 0 Å². The van der Waals surface area contributed by atoms with Gasteiger partial charge in [0.15, 0.2) is 0 Å². The van der Waals surface area contributed by atoms with Crippen LogP contribution in [0.15, 0.2) is 66.4 Å². The van der Waals surface area contributed by atoms with Crippen molar-refractivity contribution in [3.63, 3.8) is 0 Å². The summed E-state index contributed by atoms with van der Waals surface area (Å²) in [6.45, 7) is 17.5. The van der Waals surface area contributed by atoms with Gasteiger partial charge in [0.1, 0.15) is 0 Å². The Bertz CT molecular complexity index is 702. The van der Waals surface area contributed by atoms with Crippen molar-refractivity contribution in [3.05, 3.63) is 72.0 Å². The summed E-state index contributed by atoms with van der Waals surface area (Å²) in [5.41, 5.74) is 13.0. The number of allylic oxidation sites excluding steroid dienone is 1. The van der Waals surface area contributed by atoms with E-state index in [2.05, 4.69) is 18.6 Å². The van der Waals surface area contributed by atoms with E-state index in [0.29, 0.717) is 17.9 Å². The van der Waals surface area contributed by atoms with Crippen LogP contribution in [0.25, 0.3) is 5.70 Å². The van der Waals surface area contributed by atoms with E-state index >= 15 is 0 Å². The van der Waals surface area contributed by atoms with Crippen molar-refractivity contribution in [2.75, 3.05) is 11.4 Å². The molecule has 0 fully saturated rings. The molecule has 2 rings (SSSR count). The molecule has 1 aliphatic rings. The minimum Gasteiger partial charge on any atom is -0.396 e. The quantitative estimate of drug-likeness (QED) is 0.567. The largest absolute Gasteiger partial charge is 0.396 e. The Hall–Kier alpha value is -2.79. The van der Waals surface area contributed by atoms with Crippen molar-refractivity contribution >= 4 is 17.3 Å². The third-order valence-electron chi connectivity index (χ3n) is 3.67. The van der Waals surface area contributed by atoms with Crippen LogP contribution in [0, 0.1) is 0 Å². The summed E-state index contributed by atoms with van der Waals surface area (Å²) in [6, 6.07) is 7.45. The van der Waals surface area contributed by atoms with Crippen molar-refractivity contribution < 1.29 is 4.79 Å². The first-order valence-electron chi connectivity index (χ1n) is 8.87. The Kier molecular flexibility index (Phi) is 10.5. The van der Waals surface area contributed by atoms with Crippen molar-refractivity contribution in [2.24, 2.45) is 11.6 Å². The van der Waals surface area contributed by atoms with Crippen molar-refractivity contribution in [1.29, 1.82) is 0 Å². The molecule has 0 radical (unpaired) electrons. The minimum atomic E-state index is -0.0767. The van der Waals surface area contributed by atoms with Crippen molar-refractivity contribution in [2.45, 2.75) is 34.6 Å². The number of amides is 1. The standard InChI is InChI=1S/C17H20N4O.2C2H6/c1-4-12-10-21(11(3)22)15-9-7-6-8-14(15)16(18)17(20-19)13(12)5-2;2*1-2/h4-9,20H,1-2,10,18-19H2,3H3;2*1-2H3/b13-12-,17-16-;;. The zero-order chi connectivity index (χ0) is 20.3. The van der Waals surface area contributed by atoms with Crippen LogP contribution in [0.5, 0.6) is 0 Å². The summed E-state index contributed by atoms with van der Waals surface area (Å²) >= 11 is 0. The third kappa shape index (κ3) is 4.86. The number of hydrogen-bond acceptors (Lipinski definition) is 4. The zero-order valence-corrected chi connectivity index (χ0v) is 16.6. The van der Waals surface area contributed by atoms with Gasteiger partial charge in [-0.1, -0.05) is 71.2 Å². The number of nitrogens with two attached hydrogens (primary N) is 2. The molecule has 1 aliphatic heterocycles. The Labute approximate surface area is 157 Å². The molecule has 0 aliphatic carbocycles. The molecule has 1 aromatic rings. The third-order valence-corrected chi connectivity index (χ3v) is 3.67. The second-order valence-corrected chi connectivity index (χ2v) is 4.90. The number of benzene rings is 1. The number of anilines is 1. The van der Waals surface area contributed by atoms with Crippen LogP contribution in [0.4, 0.5) is 5.69 Å². The summed E-state index contributed by atoms with van der Waals surface area (Å²) < 4.78 is 0. The van der Waals surface area contributed by atoms with E-state index in [1.165, 1.54) is 6.92 Å². The van der Waals surface area contributed by atoms with Crippen LogP contribution in [-0.2, 0) is 4.79 Å². The van der Waals surface area contributed by atoms with Gasteiger partial charge in [-0.2, -0.15) is 0 Å². The number of rotatable bonds is 3. The molecule has 142 valence electrons. The molecule has 0 spiro atoms. The van der Waals surface area contributed by atoms with E-state index in [1.807, 2.05) is 52.0 Å². The number of carbonyl (C=O) groups excluding carboxylic acids is 1. The van der Waals surface area contributed by atoms with Gasteiger partial charge in [-0.3, -0.25) is 10.6 Å². The van der Waals surface area contributed by atoms with E-state index < -0.39 is 0 Å². The molecule has 1 amide bonds. The van der Waals surface area contributed by atoms with Gasteiger partial charge in [-0.15, -0.1) is 0 Å². The van der Waals surface area contributed by atoms with Crippen LogP contribution in [0.1, 0.15) is 40.2 Å². The van der Waals surface area contributed by atoms with E-state index in [4.69, 9.17) is 11.6 Å². The first-order valence-corrected chi connectivity index (χ1v) is 8.87. The number of fused-ring (bicyclic) bond motifs is 1. The normalized spacial score (nSPS) is 18.6. The lowest BCUT2D eigenvalue weighted by molar-refractivity contribution is -0.116. The summed E-state index contributed by atoms with van der Waals surface area (Å²) in [6.07, 6.45) is 3.34. The Balaban J connectivity index is 0.00000146. The van der Waals surface area contributed by atoms with E-state index in [0.717, 1.165) is 22.4 Å². The number of hydrogen-bond donors (Lipinski definition) is 3. The second kappa shape index (κ2) is 11.7. The Morgan fingerprint density at radius 3 is 2.19 bits per heavy atom. The molecule has 26 heavy (non-hydrogen) atoms. The van der Waals surface area contributed by atoms with Gasteiger partial charge < -0.3 is 16.1 Å². The lowest BCUT2D eigenvalue weighted by Gasteiger charge is -2.29. The van der Waals surface area contributed by atoms with Crippen LogP contribution < -0.4 is 21.9 Å². The topological polar surface area (TPSA) is 84.4 Å². The second-order valence-electron chi connectivity index (χ2n) is 4.90. The Morgan fingerprint density at radius 2 is 1.73 bits per heavy atom. The highest BCUT2D eigenvalue weighted by molar-refractivity contribution is 5.96. The molecule has 0 saturated heterocycles. The molecular weight excluding hydrogens is 324 g/mol. The number of para-hydroxylation sites is 1. The van der Waals surface area contributed by atoms with Gasteiger partial charge in [0.25, 0.3) is 0 Å². The molecule has 0 bridgehead atoms. The maximum Gasteiger partial charge on any atom is 0.224 e. The molecule has 1 heterocycles. The van der Waals surface area contributed by atoms with E-state index in [9.17, 15) is 4.79 Å². The van der Waals surface area contributed by atoms with Crippen molar-refractivity contribution in [1.82, 2.24) is 5.43 Å². The average molecular weight is 357 g/mol. The molecule has 0 aromatic heterocycles. The number of hydrazine groups is 1.